The number of rotatable bonds is 11. The summed E-state index contributed by atoms with van der Waals surface area (Å²) in [5.74, 6) is -5.16. The van der Waals surface area contributed by atoms with Gasteiger partial charge in [0.2, 0.25) is 0 Å². The van der Waals surface area contributed by atoms with Gasteiger partial charge in [0.1, 0.15) is 11.6 Å². The van der Waals surface area contributed by atoms with Crippen LogP contribution in [0.5, 0.6) is 11.5 Å². The van der Waals surface area contributed by atoms with Crippen molar-refractivity contribution < 1.29 is 53.4 Å². The molecule has 0 unspecified atom stereocenters. The van der Waals surface area contributed by atoms with Crippen LogP contribution in [0.25, 0.3) is 22.3 Å². The Hall–Kier alpha value is -4.74. The lowest BCUT2D eigenvalue weighted by Crippen LogP contribution is -2.17. The molecule has 0 amide bonds. The van der Waals surface area contributed by atoms with E-state index in [1.807, 2.05) is 24.3 Å². The Labute approximate surface area is 313 Å². The monoisotopic (exact) mass is 778 g/mol. The van der Waals surface area contributed by atoms with Gasteiger partial charge < -0.3 is 9.47 Å². The fourth-order valence-corrected chi connectivity index (χ4v) is 6.81. The van der Waals surface area contributed by atoms with Crippen molar-refractivity contribution in [3.8, 4) is 33.8 Å². The minimum absolute atomic E-state index is 0.164. The Morgan fingerprint density at radius 1 is 0.527 bits per heavy atom. The highest BCUT2D eigenvalue weighted by atomic mass is 19.4. The zero-order valence-electron chi connectivity index (χ0n) is 30.3. The van der Waals surface area contributed by atoms with Gasteiger partial charge in [0.15, 0.2) is 23.1 Å². The lowest BCUT2D eigenvalue weighted by atomic mass is 9.86. The normalized spacial score (nSPS) is 13.9. The molecule has 0 radical (unpaired) electrons. The quantitative estimate of drug-likeness (QED) is 0.0858. The molecule has 0 bridgehead atoms. The maximum atomic E-state index is 15.0. The van der Waals surface area contributed by atoms with E-state index >= 15 is 4.39 Å². The molecule has 0 aliphatic heterocycles. The third-order valence-corrected chi connectivity index (χ3v) is 9.60. The van der Waals surface area contributed by atoms with E-state index < -0.39 is 47.5 Å². The topological polar surface area (TPSA) is 18.5 Å². The summed E-state index contributed by atoms with van der Waals surface area (Å²) in [6.07, 6.45) is 4.03. The fraction of sp³-hybridized carbons (Fsp3) is 0.349. The first-order chi connectivity index (χ1) is 26.1. The van der Waals surface area contributed by atoms with Crippen molar-refractivity contribution in [2.75, 3.05) is 0 Å². The molecule has 2 aliphatic carbocycles. The van der Waals surface area contributed by atoms with E-state index in [0.29, 0.717) is 36.8 Å². The molecule has 4 aromatic rings. The summed E-state index contributed by atoms with van der Waals surface area (Å²) in [6.45, 7) is 4.26. The smallest absolute Gasteiger partial charge is 0.403 e. The van der Waals surface area contributed by atoms with Crippen LogP contribution in [-0.2, 0) is 25.7 Å². The summed E-state index contributed by atoms with van der Waals surface area (Å²) in [5, 5.41) is 0. The molecule has 55 heavy (non-hydrogen) atoms. The summed E-state index contributed by atoms with van der Waals surface area (Å²) in [7, 11) is 0. The highest BCUT2D eigenvalue weighted by Gasteiger charge is 2.33. The van der Waals surface area contributed by atoms with Crippen LogP contribution in [0.3, 0.4) is 0 Å². The van der Waals surface area contributed by atoms with Gasteiger partial charge in [-0.3, -0.25) is 0 Å². The lowest BCUT2D eigenvalue weighted by molar-refractivity contribution is -0.276. The number of hydrogen-bond donors (Lipinski definition) is 0. The maximum Gasteiger partial charge on any atom is 0.573 e. The average Bonchev–Trinajstić information content (AvgIpc) is 3.12. The number of hydrogen-bond acceptors (Lipinski definition) is 2. The van der Waals surface area contributed by atoms with Gasteiger partial charge in [-0.2, -0.15) is 0 Å². The van der Waals surface area contributed by atoms with Crippen LogP contribution in [0.1, 0.15) is 81.0 Å². The molecule has 0 saturated carbocycles. The van der Waals surface area contributed by atoms with E-state index in [1.54, 1.807) is 12.1 Å². The highest BCUT2D eigenvalue weighted by Crippen LogP contribution is 2.37. The summed E-state index contributed by atoms with van der Waals surface area (Å²) in [5.41, 5.74) is 6.19. The molecule has 294 valence electrons. The van der Waals surface area contributed by atoms with Gasteiger partial charge in [0, 0.05) is 11.1 Å². The minimum atomic E-state index is -4.99. The largest absolute Gasteiger partial charge is 0.573 e. The number of ether oxygens (including phenoxy) is 2. The van der Waals surface area contributed by atoms with Crippen molar-refractivity contribution in [2.24, 2.45) is 0 Å². The standard InChI is InChI=1S/C22H21F5O.C21H19F5O/c1-2-3-4-5-14-6-9-17-15(12-14)7-10-18(21(17)24)16-8-11-20(19(23)13-16)28-22(25,26)27;1-2-3-4-13-5-8-16-14(11-13)6-9-17(20(16)23)15-7-10-19(18(22)12-15)27-21(24,25)26/h6-8,10-11,13H,2-5,9,12H2,1H3;5-7,9-10,12H,2-4,8,11H2,1H3. The van der Waals surface area contributed by atoms with Gasteiger partial charge in [-0.15, -0.1) is 26.3 Å². The number of halogens is 10. The lowest BCUT2D eigenvalue weighted by Gasteiger charge is -2.20. The molecule has 0 atom stereocenters. The third-order valence-electron chi connectivity index (χ3n) is 9.60. The summed E-state index contributed by atoms with van der Waals surface area (Å²) >= 11 is 0. The molecule has 0 spiro atoms. The zero-order chi connectivity index (χ0) is 39.9. The average molecular weight is 779 g/mol. The number of alkyl halides is 6. The molecule has 2 nitrogen and oxygen atoms in total. The summed E-state index contributed by atoms with van der Waals surface area (Å²) in [6, 6.07) is 12.6. The summed E-state index contributed by atoms with van der Waals surface area (Å²) in [4.78, 5) is 0. The van der Waals surface area contributed by atoms with E-state index in [9.17, 15) is 39.5 Å². The van der Waals surface area contributed by atoms with Gasteiger partial charge >= 0.3 is 12.7 Å². The van der Waals surface area contributed by atoms with Crippen LogP contribution in [0.4, 0.5) is 43.9 Å². The van der Waals surface area contributed by atoms with Crippen molar-refractivity contribution >= 4 is 0 Å². The summed E-state index contributed by atoms with van der Waals surface area (Å²) < 4.78 is 139. The SMILES string of the molecule is CCCCC1=CCc2c(ccc(-c3ccc(OC(F)(F)F)c(F)c3)c2F)C1.CCCCCC1=CCc2c(ccc(-c3ccc(OC(F)(F)F)c(F)c3)c2F)C1. The molecule has 0 fully saturated rings. The molecule has 4 aromatic carbocycles. The number of fused-ring (bicyclic) bond motifs is 2. The molecule has 0 aromatic heterocycles. The van der Waals surface area contributed by atoms with Crippen molar-refractivity contribution in [1.29, 1.82) is 0 Å². The van der Waals surface area contributed by atoms with Crippen molar-refractivity contribution in [1.82, 2.24) is 0 Å². The van der Waals surface area contributed by atoms with Crippen LogP contribution in [-0.4, -0.2) is 12.7 Å². The van der Waals surface area contributed by atoms with Crippen molar-refractivity contribution in [3.63, 3.8) is 0 Å². The Kier molecular flexibility index (Phi) is 13.4. The molecular formula is C43H40F10O2. The Morgan fingerprint density at radius 2 is 0.945 bits per heavy atom. The first-order valence-corrected chi connectivity index (χ1v) is 18.1. The van der Waals surface area contributed by atoms with Gasteiger partial charge in [-0.25, -0.2) is 17.6 Å². The number of unbranched alkanes of at least 4 members (excludes halogenated alkanes) is 3. The van der Waals surface area contributed by atoms with Crippen molar-refractivity contribution in [2.45, 2.75) is 97.2 Å². The molecule has 0 N–H and O–H groups in total. The van der Waals surface area contributed by atoms with Gasteiger partial charge in [0.25, 0.3) is 0 Å². The predicted octanol–water partition coefficient (Wildman–Crippen LogP) is 13.9. The molecule has 2 aliphatic rings. The molecule has 0 saturated heterocycles. The van der Waals surface area contributed by atoms with Crippen LogP contribution >= 0.6 is 0 Å². The van der Waals surface area contributed by atoms with Crippen LogP contribution in [0.2, 0.25) is 0 Å². The molecule has 12 heteroatoms. The van der Waals surface area contributed by atoms with Crippen LogP contribution < -0.4 is 9.47 Å². The Bertz CT molecular complexity index is 2040. The number of benzene rings is 4. The third kappa shape index (κ3) is 10.9. The second-order valence-corrected chi connectivity index (χ2v) is 13.6. The van der Waals surface area contributed by atoms with Gasteiger partial charge in [-0.1, -0.05) is 92.8 Å². The highest BCUT2D eigenvalue weighted by molar-refractivity contribution is 5.68. The second-order valence-electron chi connectivity index (χ2n) is 13.6. The molecular weight excluding hydrogens is 738 g/mol. The van der Waals surface area contributed by atoms with Gasteiger partial charge in [0.05, 0.1) is 0 Å². The van der Waals surface area contributed by atoms with Crippen molar-refractivity contribution in [3.05, 3.63) is 129 Å². The Morgan fingerprint density at radius 3 is 1.33 bits per heavy atom. The Balaban J connectivity index is 0.000000211. The van der Waals surface area contributed by atoms with E-state index in [2.05, 4.69) is 23.3 Å². The minimum Gasteiger partial charge on any atom is -0.403 e. The molecule has 0 heterocycles. The van der Waals surface area contributed by atoms with E-state index in [-0.39, 0.29) is 22.3 Å². The van der Waals surface area contributed by atoms with E-state index in [0.717, 1.165) is 80.3 Å². The fourth-order valence-electron chi connectivity index (χ4n) is 6.81. The molecule has 6 rings (SSSR count). The van der Waals surface area contributed by atoms with Crippen LogP contribution in [0.15, 0.2) is 84.0 Å². The van der Waals surface area contributed by atoms with Gasteiger partial charge in [-0.05, 0) is 109 Å². The van der Waals surface area contributed by atoms with E-state index in [4.69, 9.17) is 0 Å². The number of allylic oxidation sites excluding steroid dienone is 4. The first-order valence-electron chi connectivity index (χ1n) is 18.1. The maximum absolute atomic E-state index is 15.0. The van der Waals surface area contributed by atoms with Crippen LogP contribution in [0, 0.1) is 23.3 Å². The zero-order valence-corrected chi connectivity index (χ0v) is 30.3. The second kappa shape index (κ2) is 17.8. The van der Waals surface area contributed by atoms with E-state index in [1.165, 1.54) is 23.3 Å². The first kappa shape index (κ1) is 41.4. The predicted molar refractivity (Wildman–Crippen MR) is 192 cm³/mol.